The summed E-state index contributed by atoms with van der Waals surface area (Å²) in [7, 11) is 3.02. The Bertz CT molecular complexity index is 1030. The number of rotatable bonds is 3. The predicted molar refractivity (Wildman–Crippen MR) is 109 cm³/mol. The number of ether oxygens (including phenoxy) is 2. The second-order valence-electron chi connectivity index (χ2n) is 8.11. The molecule has 1 amide bonds. The number of carbonyl (C=O) groups is 2. The van der Waals surface area contributed by atoms with Crippen LogP contribution >= 0.6 is 0 Å². The number of carbonyl (C=O) groups excluding carboxylic acids is 2. The normalized spacial score (nSPS) is 14.9. The number of nitrogens with zero attached hydrogens (tertiary/aromatic N) is 6. The van der Waals surface area contributed by atoms with Gasteiger partial charge in [0.05, 0.1) is 7.11 Å². The molecule has 11 nitrogen and oxygen atoms in total. The van der Waals surface area contributed by atoms with Gasteiger partial charge in [-0.1, -0.05) is 6.92 Å². The van der Waals surface area contributed by atoms with Crippen LogP contribution < -0.4 is 10.5 Å². The fraction of sp³-hybridized carbons (Fsp3) is 0.632. The lowest BCUT2D eigenvalue weighted by Crippen LogP contribution is -2.51. The molecule has 11 heteroatoms. The summed E-state index contributed by atoms with van der Waals surface area (Å²) < 4.78 is 13.0. The van der Waals surface area contributed by atoms with Gasteiger partial charge in [-0.2, -0.15) is 9.50 Å². The number of hydrogen-bond donors (Lipinski definition) is 0. The monoisotopic (exact) mass is 420 g/mol. The Labute approximate surface area is 174 Å². The fourth-order valence-corrected chi connectivity index (χ4v) is 3.50. The van der Waals surface area contributed by atoms with Crippen LogP contribution in [0.5, 0.6) is 0 Å². The Morgan fingerprint density at radius 1 is 1.13 bits per heavy atom. The molecule has 3 heterocycles. The second-order valence-corrected chi connectivity index (χ2v) is 8.11. The molecule has 1 aliphatic rings. The summed E-state index contributed by atoms with van der Waals surface area (Å²) in [4.78, 5) is 45.1. The SMILES string of the molecule is CCc1c(N2CCN(C(=O)OC(C)(C)C)CC2)c(=O)n2nc(C(=O)OC)nc2n1C. The van der Waals surface area contributed by atoms with Gasteiger partial charge in [-0.25, -0.2) is 9.59 Å². The molecule has 1 saturated heterocycles. The van der Waals surface area contributed by atoms with Crippen LogP contribution in [0.25, 0.3) is 5.78 Å². The molecule has 0 aromatic carbocycles. The Hall–Kier alpha value is -3.11. The van der Waals surface area contributed by atoms with Crippen molar-refractivity contribution >= 4 is 23.5 Å². The highest BCUT2D eigenvalue weighted by Crippen LogP contribution is 2.21. The Morgan fingerprint density at radius 3 is 2.30 bits per heavy atom. The number of hydrogen-bond acceptors (Lipinski definition) is 8. The highest BCUT2D eigenvalue weighted by Gasteiger charge is 2.29. The van der Waals surface area contributed by atoms with Gasteiger partial charge in [0.2, 0.25) is 5.78 Å². The zero-order valence-electron chi connectivity index (χ0n) is 18.3. The molecule has 0 saturated carbocycles. The molecule has 0 spiro atoms. The standard InChI is InChI=1S/C19H28N6O5/c1-7-12-13(23-8-10-24(11-9-23)18(28)30-19(2,3)4)15(26)25-17(22(12)5)20-14(21-25)16(27)29-6/h7-11H2,1-6H3. The quantitative estimate of drug-likeness (QED) is 0.672. The van der Waals surface area contributed by atoms with Gasteiger partial charge < -0.3 is 23.8 Å². The van der Waals surface area contributed by atoms with E-state index in [1.165, 1.54) is 7.11 Å². The molecule has 0 unspecified atom stereocenters. The van der Waals surface area contributed by atoms with Crippen LogP contribution in [-0.4, -0.2) is 75.0 Å². The molecule has 0 radical (unpaired) electrons. The first-order chi connectivity index (χ1) is 14.1. The van der Waals surface area contributed by atoms with Crippen LogP contribution in [0.1, 0.15) is 44.0 Å². The molecule has 0 aliphatic carbocycles. The first kappa shape index (κ1) is 21.6. The maximum Gasteiger partial charge on any atom is 0.410 e. The van der Waals surface area contributed by atoms with Crippen LogP contribution in [0, 0.1) is 0 Å². The molecule has 0 bridgehead atoms. The molecule has 0 N–H and O–H groups in total. The number of methoxy groups -OCH3 is 1. The number of piperazine rings is 1. The fourth-order valence-electron chi connectivity index (χ4n) is 3.50. The van der Waals surface area contributed by atoms with Gasteiger partial charge in [0, 0.05) is 38.9 Å². The van der Waals surface area contributed by atoms with E-state index in [1.807, 2.05) is 32.6 Å². The lowest BCUT2D eigenvalue weighted by Gasteiger charge is -2.37. The Kier molecular flexibility index (Phi) is 5.73. The van der Waals surface area contributed by atoms with Gasteiger partial charge in [0.1, 0.15) is 11.3 Å². The zero-order chi connectivity index (χ0) is 22.2. The number of anilines is 1. The van der Waals surface area contributed by atoms with Crippen LogP contribution in [0.15, 0.2) is 4.79 Å². The first-order valence-electron chi connectivity index (χ1n) is 9.87. The van der Waals surface area contributed by atoms with E-state index in [4.69, 9.17) is 4.74 Å². The molecule has 0 atom stereocenters. The minimum atomic E-state index is -0.705. The number of amides is 1. The van der Waals surface area contributed by atoms with E-state index in [0.717, 1.165) is 10.2 Å². The van der Waals surface area contributed by atoms with Gasteiger partial charge in [-0.05, 0) is 27.2 Å². The molecular weight excluding hydrogens is 392 g/mol. The van der Waals surface area contributed by atoms with Crippen molar-refractivity contribution in [2.45, 2.75) is 39.7 Å². The largest absolute Gasteiger partial charge is 0.463 e. The van der Waals surface area contributed by atoms with Gasteiger partial charge in [-0.15, -0.1) is 5.10 Å². The Balaban J connectivity index is 1.93. The van der Waals surface area contributed by atoms with Gasteiger partial charge in [0.25, 0.3) is 11.4 Å². The summed E-state index contributed by atoms with van der Waals surface area (Å²) in [6.45, 7) is 9.26. The maximum absolute atomic E-state index is 13.2. The highest BCUT2D eigenvalue weighted by atomic mass is 16.6. The van der Waals surface area contributed by atoms with Crippen molar-refractivity contribution in [2.75, 3.05) is 38.2 Å². The van der Waals surface area contributed by atoms with Crippen molar-refractivity contribution in [1.29, 1.82) is 0 Å². The third kappa shape index (κ3) is 3.96. The first-order valence-corrected chi connectivity index (χ1v) is 9.87. The lowest BCUT2D eigenvalue weighted by molar-refractivity contribution is 0.0240. The summed E-state index contributed by atoms with van der Waals surface area (Å²) in [5.74, 6) is -0.601. The lowest BCUT2D eigenvalue weighted by atomic mass is 10.2. The topological polar surface area (TPSA) is 111 Å². The summed E-state index contributed by atoms with van der Waals surface area (Å²) in [6.07, 6.45) is 0.227. The molecule has 30 heavy (non-hydrogen) atoms. The second kappa shape index (κ2) is 7.96. The zero-order valence-corrected chi connectivity index (χ0v) is 18.3. The predicted octanol–water partition coefficient (Wildman–Crippen LogP) is 0.834. The van der Waals surface area contributed by atoms with Crippen molar-refractivity contribution in [3.63, 3.8) is 0 Å². The van der Waals surface area contributed by atoms with Crippen LogP contribution in [-0.2, 0) is 22.9 Å². The van der Waals surface area contributed by atoms with Crippen molar-refractivity contribution in [1.82, 2.24) is 24.1 Å². The molecular formula is C19H28N6O5. The molecule has 3 rings (SSSR count). The van der Waals surface area contributed by atoms with Gasteiger partial charge in [-0.3, -0.25) is 4.79 Å². The van der Waals surface area contributed by atoms with Gasteiger partial charge >= 0.3 is 12.1 Å². The van der Waals surface area contributed by atoms with E-state index in [2.05, 4.69) is 14.8 Å². The van der Waals surface area contributed by atoms with E-state index in [1.54, 1.807) is 16.5 Å². The molecule has 2 aromatic rings. The van der Waals surface area contributed by atoms with E-state index < -0.39 is 11.6 Å². The minimum absolute atomic E-state index is 0.167. The van der Waals surface area contributed by atoms with Gasteiger partial charge in [0.15, 0.2) is 0 Å². The molecule has 2 aromatic heterocycles. The van der Waals surface area contributed by atoms with E-state index in [0.29, 0.717) is 38.3 Å². The minimum Gasteiger partial charge on any atom is -0.463 e. The van der Waals surface area contributed by atoms with Crippen molar-refractivity contribution in [3.05, 3.63) is 21.9 Å². The number of aryl methyl sites for hydroxylation is 1. The summed E-state index contributed by atoms with van der Waals surface area (Å²) >= 11 is 0. The van der Waals surface area contributed by atoms with Crippen molar-refractivity contribution < 1.29 is 19.1 Å². The van der Waals surface area contributed by atoms with Crippen LogP contribution in [0.2, 0.25) is 0 Å². The van der Waals surface area contributed by atoms with Crippen LogP contribution in [0.4, 0.5) is 10.5 Å². The average Bonchev–Trinajstić information content (AvgIpc) is 3.15. The summed E-state index contributed by atoms with van der Waals surface area (Å²) in [5.41, 5.74) is 0.364. The summed E-state index contributed by atoms with van der Waals surface area (Å²) in [6, 6.07) is 0. The number of esters is 1. The molecule has 1 aliphatic heterocycles. The Morgan fingerprint density at radius 2 is 1.77 bits per heavy atom. The average molecular weight is 420 g/mol. The third-order valence-corrected chi connectivity index (χ3v) is 4.91. The van der Waals surface area contributed by atoms with E-state index >= 15 is 0 Å². The number of fused-ring (bicyclic) bond motifs is 1. The van der Waals surface area contributed by atoms with Crippen molar-refractivity contribution in [3.8, 4) is 0 Å². The smallest absolute Gasteiger partial charge is 0.410 e. The van der Waals surface area contributed by atoms with E-state index in [9.17, 15) is 14.4 Å². The third-order valence-electron chi connectivity index (χ3n) is 4.91. The molecule has 1 fully saturated rings. The van der Waals surface area contributed by atoms with Crippen molar-refractivity contribution in [2.24, 2.45) is 7.05 Å². The molecule has 164 valence electrons. The van der Waals surface area contributed by atoms with Crippen LogP contribution in [0.3, 0.4) is 0 Å². The van der Waals surface area contributed by atoms with E-state index in [-0.39, 0.29) is 23.3 Å². The highest BCUT2D eigenvalue weighted by molar-refractivity contribution is 5.85. The maximum atomic E-state index is 13.2. The number of aromatic nitrogens is 4. The summed E-state index contributed by atoms with van der Waals surface area (Å²) in [5, 5.41) is 4.04.